The Morgan fingerprint density at radius 3 is 2.65 bits per heavy atom. The molecule has 0 aromatic carbocycles. The van der Waals surface area contributed by atoms with E-state index in [-0.39, 0.29) is 0 Å². The molecule has 0 N–H and O–H groups in total. The van der Waals surface area contributed by atoms with Gasteiger partial charge in [0.1, 0.15) is 6.61 Å². The molecule has 0 saturated heterocycles. The SMILES string of the molecule is CN(C)CCOc1nc(-c2cccs2)nnc1-c1ccncc1. The standard InChI is InChI=1S/C16H17N5OS/c1-21(2)9-10-22-16-14(12-5-7-17-8-6-12)19-20-15(18-16)13-4-3-11-23-13/h3-8,11H,9-10H2,1-2H3. The largest absolute Gasteiger partial charge is 0.475 e. The molecule has 0 bridgehead atoms. The number of likely N-dealkylation sites (N-methyl/N-ethyl adjacent to an activating group) is 1. The van der Waals surface area contributed by atoms with E-state index in [0.717, 1.165) is 17.0 Å². The van der Waals surface area contributed by atoms with Gasteiger partial charge in [-0.05, 0) is 37.7 Å². The van der Waals surface area contributed by atoms with Crippen molar-refractivity contribution < 1.29 is 4.74 Å². The highest BCUT2D eigenvalue weighted by molar-refractivity contribution is 7.13. The lowest BCUT2D eigenvalue weighted by molar-refractivity contribution is 0.253. The van der Waals surface area contributed by atoms with Crippen molar-refractivity contribution >= 4 is 11.3 Å². The number of ether oxygens (including phenoxy) is 1. The molecule has 0 aliphatic rings. The van der Waals surface area contributed by atoms with Crippen LogP contribution in [0.2, 0.25) is 0 Å². The van der Waals surface area contributed by atoms with E-state index in [4.69, 9.17) is 4.74 Å². The fourth-order valence-corrected chi connectivity index (χ4v) is 2.59. The van der Waals surface area contributed by atoms with Crippen LogP contribution in [0.3, 0.4) is 0 Å². The third-order valence-corrected chi connectivity index (χ3v) is 3.99. The van der Waals surface area contributed by atoms with Crippen molar-refractivity contribution in [1.29, 1.82) is 0 Å². The van der Waals surface area contributed by atoms with Crippen LogP contribution in [0.4, 0.5) is 0 Å². The Morgan fingerprint density at radius 2 is 1.96 bits per heavy atom. The Balaban J connectivity index is 1.94. The van der Waals surface area contributed by atoms with Crippen molar-refractivity contribution in [2.24, 2.45) is 0 Å². The summed E-state index contributed by atoms with van der Waals surface area (Å²) in [6.07, 6.45) is 3.43. The average molecular weight is 327 g/mol. The molecule has 23 heavy (non-hydrogen) atoms. The molecule has 0 amide bonds. The Labute approximate surface area is 138 Å². The third-order valence-electron chi connectivity index (χ3n) is 3.13. The summed E-state index contributed by atoms with van der Waals surface area (Å²) >= 11 is 1.58. The molecule has 0 aliphatic heterocycles. The van der Waals surface area contributed by atoms with Crippen molar-refractivity contribution in [3.05, 3.63) is 42.0 Å². The van der Waals surface area contributed by atoms with Crippen molar-refractivity contribution in [3.63, 3.8) is 0 Å². The van der Waals surface area contributed by atoms with Crippen LogP contribution in [0.5, 0.6) is 5.88 Å². The molecule has 3 aromatic heterocycles. The van der Waals surface area contributed by atoms with Gasteiger partial charge in [-0.25, -0.2) is 0 Å². The van der Waals surface area contributed by atoms with Crippen molar-refractivity contribution in [1.82, 2.24) is 25.1 Å². The van der Waals surface area contributed by atoms with E-state index in [9.17, 15) is 0 Å². The molecule has 0 spiro atoms. The first-order valence-corrected chi connectivity index (χ1v) is 8.08. The van der Waals surface area contributed by atoms with Gasteiger partial charge in [0.25, 0.3) is 0 Å². The quantitative estimate of drug-likeness (QED) is 0.693. The number of thiophene rings is 1. The zero-order chi connectivity index (χ0) is 16.1. The van der Waals surface area contributed by atoms with Crippen LogP contribution in [0.1, 0.15) is 0 Å². The van der Waals surface area contributed by atoms with Gasteiger partial charge in [0.2, 0.25) is 5.88 Å². The van der Waals surface area contributed by atoms with Gasteiger partial charge in [0, 0.05) is 24.5 Å². The minimum atomic E-state index is 0.497. The summed E-state index contributed by atoms with van der Waals surface area (Å²) in [4.78, 5) is 11.6. The van der Waals surface area contributed by atoms with Gasteiger partial charge in [-0.3, -0.25) is 4.98 Å². The first-order valence-electron chi connectivity index (χ1n) is 7.20. The summed E-state index contributed by atoms with van der Waals surface area (Å²) in [7, 11) is 4.00. The average Bonchev–Trinajstić information content (AvgIpc) is 3.10. The lowest BCUT2D eigenvalue weighted by atomic mass is 10.2. The number of aromatic nitrogens is 4. The summed E-state index contributed by atoms with van der Waals surface area (Å²) in [6, 6.07) is 7.68. The number of hydrogen-bond acceptors (Lipinski definition) is 7. The first-order chi connectivity index (χ1) is 11.2. The predicted octanol–water partition coefficient (Wildman–Crippen LogP) is 2.60. The zero-order valence-corrected chi connectivity index (χ0v) is 13.8. The molecule has 3 rings (SSSR count). The van der Waals surface area contributed by atoms with E-state index >= 15 is 0 Å². The van der Waals surface area contributed by atoms with Crippen LogP contribution in [0.25, 0.3) is 22.0 Å². The highest BCUT2D eigenvalue weighted by Crippen LogP contribution is 2.28. The van der Waals surface area contributed by atoms with Crippen LogP contribution in [0.15, 0.2) is 42.0 Å². The second-order valence-corrected chi connectivity index (χ2v) is 6.10. The molecular formula is C16H17N5OS. The van der Waals surface area contributed by atoms with E-state index in [1.54, 1.807) is 23.7 Å². The van der Waals surface area contributed by atoms with E-state index < -0.39 is 0 Å². The highest BCUT2D eigenvalue weighted by atomic mass is 32.1. The second kappa shape index (κ2) is 7.26. The molecular weight excluding hydrogens is 310 g/mol. The number of pyridine rings is 1. The molecule has 118 valence electrons. The maximum Gasteiger partial charge on any atom is 0.244 e. The van der Waals surface area contributed by atoms with Gasteiger partial charge in [-0.15, -0.1) is 21.5 Å². The lowest BCUT2D eigenvalue weighted by Gasteiger charge is -2.12. The molecule has 3 heterocycles. The molecule has 0 atom stereocenters. The summed E-state index contributed by atoms with van der Waals surface area (Å²) in [5.41, 5.74) is 1.52. The van der Waals surface area contributed by atoms with Gasteiger partial charge < -0.3 is 9.64 Å². The van der Waals surface area contributed by atoms with E-state index in [1.807, 2.05) is 43.7 Å². The fraction of sp³-hybridized carbons (Fsp3) is 0.250. The number of nitrogens with zero attached hydrogens (tertiary/aromatic N) is 5. The molecule has 0 fully saturated rings. The van der Waals surface area contributed by atoms with Crippen LogP contribution in [-0.4, -0.2) is 52.3 Å². The maximum atomic E-state index is 5.87. The molecule has 0 unspecified atom stereocenters. The van der Waals surface area contributed by atoms with Crippen molar-refractivity contribution in [3.8, 4) is 27.8 Å². The van der Waals surface area contributed by atoms with Crippen molar-refractivity contribution in [2.45, 2.75) is 0 Å². The molecule has 7 heteroatoms. The molecule has 0 saturated carbocycles. The Bertz CT molecular complexity index is 746. The summed E-state index contributed by atoms with van der Waals surface area (Å²) < 4.78 is 5.87. The molecule has 0 aliphatic carbocycles. The second-order valence-electron chi connectivity index (χ2n) is 5.15. The van der Waals surface area contributed by atoms with Gasteiger partial charge in [0.15, 0.2) is 11.5 Å². The molecule has 6 nitrogen and oxygen atoms in total. The lowest BCUT2D eigenvalue weighted by Crippen LogP contribution is -2.20. The third kappa shape index (κ3) is 3.88. The van der Waals surface area contributed by atoms with Crippen LogP contribution >= 0.6 is 11.3 Å². The Hall–Kier alpha value is -2.38. The molecule has 0 radical (unpaired) electrons. The fourth-order valence-electron chi connectivity index (χ4n) is 1.94. The monoisotopic (exact) mass is 327 g/mol. The van der Waals surface area contributed by atoms with Crippen LogP contribution < -0.4 is 4.74 Å². The summed E-state index contributed by atoms with van der Waals surface area (Å²) in [6.45, 7) is 1.34. The van der Waals surface area contributed by atoms with Crippen LogP contribution in [-0.2, 0) is 0 Å². The minimum Gasteiger partial charge on any atom is -0.475 e. The topological polar surface area (TPSA) is 64.0 Å². The van der Waals surface area contributed by atoms with Crippen molar-refractivity contribution in [2.75, 3.05) is 27.2 Å². The van der Waals surface area contributed by atoms with E-state index in [0.29, 0.717) is 24.0 Å². The smallest absolute Gasteiger partial charge is 0.244 e. The summed E-state index contributed by atoms with van der Waals surface area (Å²) in [5.74, 6) is 1.08. The maximum absolute atomic E-state index is 5.87. The van der Waals surface area contributed by atoms with Gasteiger partial charge >= 0.3 is 0 Å². The van der Waals surface area contributed by atoms with E-state index in [2.05, 4.69) is 25.1 Å². The Morgan fingerprint density at radius 1 is 1.13 bits per heavy atom. The predicted molar refractivity (Wildman–Crippen MR) is 90.4 cm³/mol. The van der Waals surface area contributed by atoms with E-state index in [1.165, 1.54) is 0 Å². The number of hydrogen-bond donors (Lipinski definition) is 0. The normalized spacial score (nSPS) is 10.9. The highest BCUT2D eigenvalue weighted by Gasteiger charge is 2.14. The minimum absolute atomic E-state index is 0.497. The van der Waals surface area contributed by atoms with Gasteiger partial charge in [0.05, 0.1) is 4.88 Å². The number of rotatable bonds is 6. The summed E-state index contributed by atoms with van der Waals surface area (Å²) in [5, 5.41) is 10.6. The molecule has 3 aromatic rings. The Kier molecular flexibility index (Phi) is 4.89. The van der Waals surface area contributed by atoms with Gasteiger partial charge in [-0.2, -0.15) is 4.98 Å². The van der Waals surface area contributed by atoms with Crippen LogP contribution in [0, 0.1) is 0 Å². The zero-order valence-electron chi connectivity index (χ0n) is 13.0. The van der Waals surface area contributed by atoms with Gasteiger partial charge in [-0.1, -0.05) is 6.07 Å². The first kappa shape index (κ1) is 15.5.